The van der Waals surface area contributed by atoms with E-state index in [0.29, 0.717) is 0 Å². The maximum absolute atomic E-state index is 4.75. The molecule has 0 aliphatic rings. The Labute approximate surface area is 140 Å². The molecule has 2 aromatic carbocycles. The lowest BCUT2D eigenvalue weighted by Gasteiger charge is -2.00. The minimum atomic E-state index is 0.740. The highest BCUT2D eigenvalue weighted by Crippen LogP contribution is 2.32. The first kappa shape index (κ1) is 14.3. The van der Waals surface area contributed by atoms with E-state index in [1.807, 2.05) is 77.3 Å². The monoisotopic (exact) mass is 312 g/mol. The van der Waals surface area contributed by atoms with Gasteiger partial charge in [-0.25, -0.2) is 4.98 Å². The van der Waals surface area contributed by atoms with Crippen LogP contribution in [0.3, 0.4) is 0 Å². The maximum Gasteiger partial charge on any atom is 0.187 e. The van der Waals surface area contributed by atoms with Crippen molar-refractivity contribution in [1.82, 2.24) is 9.38 Å². The summed E-state index contributed by atoms with van der Waals surface area (Å²) in [6.07, 6.45) is 2.04. The summed E-state index contributed by atoms with van der Waals surface area (Å²) in [6, 6.07) is 23.9. The molecule has 0 saturated carbocycles. The van der Waals surface area contributed by atoms with Crippen LogP contribution in [-0.2, 0) is 0 Å². The number of rotatable bonds is 3. The molecular weight excluding hydrogens is 296 g/mol. The van der Waals surface area contributed by atoms with Crippen molar-refractivity contribution in [2.45, 2.75) is 6.92 Å². The van der Waals surface area contributed by atoms with E-state index in [1.54, 1.807) is 0 Å². The molecular formula is C20H16N4. The van der Waals surface area contributed by atoms with E-state index in [4.69, 9.17) is 4.98 Å². The second-order valence-corrected chi connectivity index (χ2v) is 5.62. The Kier molecular flexibility index (Phi) is 3.63. The molecule has 2 heterocycles. The van der Waals surface area contributed by atoms with Crippen LogP contribution < -0.4 is 0 Å². The summed E-state index contributed by atoms with van der Waals surface area (Å²) in [5, 5.41) is 8.89. The zero-order valence-corrected chi connectivity index (χ0v) is 13.3. The fourth-order valence-corrected chi connectivity index (χ4v) is 2.62. The van der Waals surface area contributed by atoms with Crippen LogP contribution in [0.5, 0.6) is 0 Å². The first-order chi connectivity index (χ1) is 11.8. The Morgan fingerprint density at radius 3 is 2.25 bits per heavy atom. The Morgan fingerprint density at radius 1 is 0.792 bits per heavy atom. The lowest BCUT2D eigenvalue weighted by Crippen LogP contribution is -1.84. The summed E-state index contributed by atoms with van der Waals surface area (Å²) in [4.78, 5) is 4.75. The molecule has 4 heteroatoms. The molecule has 0 saturated heterocycles. The van der Waals surface area contributed by atoms with Crippen molar-refractivity contribution >= 4 is 17.2 Å². The van der Waals surface area contributed by atoms with E-state index < -0.39 is 0 Å². The minimum Gasteiger partial charge on any atom is -0.282 e. The first-order valence-corrected chi connectivity index (χ1v) is 7.82. The van der Waals surface area contributed by atoms with Gasteiger partial charge in [0.1, 0.15) is 11.3 Å². The van der Waals surface area contributed by atoms with E-state index in [9.17, 15) is 0 Å². The average Bonchev–Trinajstić information content (AvgIpc) is 2.99. The number of azo groups is 1. The Hall–Kier alpha value is -3.27. The number of aromatic nitrogens is 2. The molecule has 0 radical (unpaired) electrons. The third-order valence-corrected chi connectivity index (χ3v) is 3.80. The van der Waals surface area contributed by atoms with Crippen molar-refractivity contribution in [2.24, 2.45) is 10.2 Å². The third kappa shape index (κ3) is 2.70. The van der Waals surface area contributed by atoms with E-state index in [2.05, 4.69) is 23.2 Å². The van der Waals surface area contributed by atoms with Crippen LogP contribution >= 0.6 is 0 Å². The minimum absolute atomic E-state index is 0.740. The number of imidazole rings is 1. The smallest absolute Gasteiger partial charge is 0.187 e. The van der Waals surface area contributed by atoms with Crippen LogP contribution in [0.4, 0.5) is 11.5 Å². The summed E-state index contributed by atoms with van der Waals surface area (Å²) in [5.74, 6) is 0.740. The molecule has 0 aliphatic heterocycles. The van der Waals surface area contributed by atoms with Crippen LogP contribution in [0.1, 0.15) is 5.56 Å². The number of hydrogen-bond donors (Lipinski definition) is 0. The van der Waals surface area contributed by atoms with Gasteiger partial charge in [-0.3, -0.25) is 4.40 Å². The van der Waals surface area contributed by atoms with Crippen molar-refractivity contribution in [3.05, 3.63) is 84.6 Å². The van der Waals surface area contributed by atoms with Gasteiger partial charge in [0.05, 0.1) is 5.69 Å². The second kappa shape index (κ2) is 6.08. The predicted octanol–water partition coefficient (Wildman–Crippen LogP) is 5.73. The highest BCUT2D eigenvalue weighted by atomic mass is 15.2. The molecule has 2 aromatic heterocycles. The Bertz CT molecular complexity index is 1000. The number of hydrogen-bond acceptors (Lipinski definition) is 3. The fourth-order valence-electron chi connectivity index (χ4n) is 2.62. The molecule has 4 rings (SSSR count). The lowest BCUT2D eigenvalue weighted by atomic mass is 10.1. The number of pyridine rings is 1. The maximum atomic E-state index is 4.75. The van der Waals surface area contributed by atoms with Gasteiger partial charge in [0.25, 0.3) is 0 Å². The van der Waals surface area contributed by atoms with Crippen molar-refractivity contribution < 1.29 is 0 Å². The molecule has 0 bridgehead atoms. The van der Waals surface area contributed by atoms with Crippen LogP contribution in [0.25, 0.3) is 16.9 Å². The fraction of sp³-hybridized carbons (Fsp3) is 0.0500. The quantitative estimate of drug-likeness (QED) is 0.446. The van der Waals surface area contributed by atoms with Gasteiger partial charge in [0.2, 0.25) is 0 Å². The first-order valence-electron chi connectivity index (χ1n) is 7.82. The second-order valence-electron chi connectivity index (χ2n) is 5.62. The van der Waals surface area contributed by atoms with Gasteiger partial charge in [0, 0.05) is 11.8 Å². The van der Waals surface area contributed by atoms with Gasteiger partial charge < -0.3 is 0 Å². The molecule has 0 unspecified atom stereocenters. The third-order valence-electron chi connectivity index (χ3n) is 3.80. The number of fused-ring (bicyclic) bond motifs is 1. The largest absolute Gasteiger partial charge is 0.282 e. The van der Waals surface area contributed by atoms with Crippen LogP contribution in [0.15, 0.2) is 89.2 Å². The van der Waals surface area contributed by atoms with E-state index in [-0.39, 0.29) is 0 Å². The van der Waals surface area contributed by atoms with Gasteiger partial charge in [0.15, 0.2) is 5.82 Å². The molecule has 0 N–H and O–H groups in total. The van der Waals surface area contributed by atoms with Crippen LogP contribution in [0.2, 0.25) is 0 Å². The number of nitrogens with zero attached hydrogens (tertiary/aromatic N) is 4. The van der Waals surface area contributed by atoms with Crippen LogP contribution in [0, 0.1) is 6.92 Å². The Balaban J connectivity index is 1.91. The van der Waals surface area contributed by atoms with E-state index >= 15 is 0 Å². The standard InChI is InChI=1S/C20H16N4/c1-15-12-13-18-21-19(16-8-4-2-5-9-16)20(24(18)14-15)23-22-17-10-6-3-7-11-17/h2-14H,1H3. The highest BCUT2D eigenvalue weighted by Gasteiger charge is 2.13. The number of benzene rings is 2. The molecule has 24 heavy (non-hydrogen) atoms. The van der Waals surface area contributed by atoms with E-state index in [0.717, 1.165) is 34.0 Å². The van der Waals surface area contributed by atoms with Gasteiger partial charge in [-0.2, -0.15) is 0 Å². The zero-order valence-electron chi connectivity index (χ0n) is 13.3. The normalized spacial score (nSPS) is 11.4. The molecule has 0 atom stereocenters. The molecule has 0 spiro atoms. The molecule has 4 aromatic rings. The molecule has 0 fully saturated rings. The van der Waals surface area contributed by atoms with E-state index in [1.165, 1.54) is 0 Å². The number of aryl methyl sites for hydroxylation is 1. The summed E-state index contributed by atoms with van der Waals surface area (Å²) >= 11 is 0. The molecule has 0 amide bonds. The van der Waals surface area contributed by atoms with Gasteiger partial charge in [-0.15, -0.1) is 10.2 Å². The summed E-state index contributed by atoms with van der Waals surface area (Å²) in [7, 11) is 0. The van der Waals surface area contributed by atoms with Crippen molar-refractivity contribution in [3.63, 3.8) is 0 Å². The molecule has 4 nitrogen and oxygen atoms in total. The van der Waals surface area contributed by atoms with Crippen molar-refractivity contribution in [1.29, 1.82) is 0 Å². The van der Waals surface area contributed by atoms with Crippen LogP contribution in [-0.4, -0.2) is 9.38 Å². The predicted molar refractivity (Wildman–Crippen MR) is 96.0 cm³/mol. The zero-order chi connectivity index (χ0) is 16.4. The molecule has 116 valence electrons. The topological polar surface area (TPSA) is 42.0 Å². The van der Waals surface area contributed by atoms with Gasteiger partial charge >= 0.3 is 0 Å². The van der Waals surface area contributed by atoms with Gasteiger partial charge in [-0.1, -0.05) is 54.6 Å². The highest BCUT2D eigenvalue weighted by molar-refractivity contribution is 5.74. The molecule has 0 aliphatic carbocycles. The Morgan fingerprint density at radius 2 is 1.50 bits per heavy atom. The average molecular weight is 312 g/mol. The summed E-state index contributed by atoms with van der Waals surface area (Å²) in [5.41, 5.74) is 4.69. The SMILES string of the molecule is Cc1ccc2nc(-c3ccccc3)c(N=Nc3ccccc3)n2c1. The van der Waals surface area contributed by atoms with Gasteiger partial charge in [-0.05, 0) is 30.7 Å². The summed E-state index contributed by atoms with van der Waals surface area (Å²) in [6.45, 7) is 2.06. The van der Waals surface area contributed by atoms with Crippen molar-refractivity contribution in [3.8, 4) is 11.3 Å². The van der Waals surface area contributed by atoms with Crippen molar-refractivity contribution in [2.75, 3.05) is 0 Å². The lowest BCUT2D eigenvalue weighted by molar-refractivity contribution is 1.09. The summed E-state index contributed by atoms with van der Waals surface area (Å²) < 4.78 is 1.99.